The highest BCUT2D eigenvalue weighted by atomic mass is 35.5. The number of nitrogens with one attached hydrogen (secondary N) is 2. The number of aromatic amines is 1. The van der Waals surface area contributed by atoms with Crippen molar-refractivity contribution in [3.05, 3.63) is 40.9 Å². The van der Waals surface area contributed by atoms with E-state index in [1.807, 2.05) is 6.20 Å². The lowest BCUT2D eigenvalue weighted by atomic mass is 9.71. The van der Waals surface area contributed by atoms with Gasteiger partial charge in [-0.2, -0.15) is 0 Å². The number of rotatable bonds is 3. The summed E-state index contributed by atoms with van der Waals surface area (Å²) < 4.78 is 0. The van der Waals surface area contributed by atoms with Crippen LogP contribution in [0.3, 0.4) is 0 Å². The second kappa shape index (κ2) is 7.37. The fourth-order valence-electron chi connectivity index (χ4n) is 4.90. The maximum absolute atomic E-state index is 13.5. The molecule has 29 heavy (non-hydrogen) atoms. The van der Waals surface area contributed by atoms with Gasteiger partial charge in [-0.3, -0.25) is 9.78 Å². The van der Waals surface area contributed by atoms with Crippen LogP contribution in [0.25, 0.3) is 6.08 Å². The molecule has 2 saturated heterocycles. The van der Waals surface area contributed by atoms with E-state index >= 15 is 0 Å². The zero-order valence-electron chi connectivity index (χ0n) is 16.3. The number of piperidine rings is 2. The van der Waals surface area contributed by atoms with Crippen molar-refractivity contribution in [2.24, 2.45) is 5.41 Å². The molecule has 0 aliphatic carbocycles. The smallest absolute Gasteiger partial charge is 0.229 e. The van der Waals surface area contributed by atoms with Crippen LogP contribution >= 0.6 is 11.6 Å². The molecular formula is C21H25ClN6O. The van der Waals surface area contributed by atoms with Gasteiger partial charge in [0.15, 0.2) is 0 Å². The van der Waals surface area contributed by atoms with Gasteiger partial charge >= 0.3 is 0 Å². The van der Waals surface area contributed by atoms with Gasteiger partial charge in [0.05, 0.1) is 17.8 Å². The molecule has 2 aromatic heterocycles. The fraction of sp³-hybridized carbons (Fsp3) is 0.476. The lowest BCUT2D eigenvalue weighted by Crippen LogP contribution is -2.53. The van der Waals surface area contributed by atoms with Crippen molar-refractivity contribution >= 4 is 35.2 Å². The lowest BCUT2D eigenvalue weighted by molar-refractivity contribution is -0.148. The van der Waals surface area contributed by atoms with Gasteiger partial charge in [-0.1, -0.05) is 23.8 Å². The number of carbonyl (C=O) groups excluding carboxylic acids is 1. The number of aromatic nitrogens is 3. The van der Waals surface area contributed by atoms with Crippen LogP contribution in [-0.4, -0.2) is 51.9 Å². The van der Waals surface area contributed by atoms with E-state index < -0.39 is 0 Å². The number of fused-ring (bicyclic) bond motifs is 1. The molecule has 0 bridgehead atoms. The van der Waals surface area contributed by atoms with Gasteiger partial charge in [0, 0.05) is 44.5 Å². The summed E-state index contributed by atoms with van der Waals surface area (Å²) in [4.78, 5) is 29.6. The second-order valence-corrected chi connectivity index (χ2v) is 8.57. The third kappa shape index (κ3) is 3.37. The third-order valence-electron chi connectivity index (χ3n) is 6.51. The van der Waals surface area contributed by atoms with Crippen LogP contribution < -0.4 is 10.2 Å². The molecule has 7 nitrogen and oxygen atoms in total. The number of hydrogen-bond acceptors (Lipinski definition) is 5. The Morgan fingerprint density at radius 3 is 2.86 bits per heavy atom. The van der Waals surface area contributed by atoms with Crippen LogP contribution in [0.4, 0.5) is 11.6 Å². The zero-order chi connectivity index (χ0) is 19.8. The Hall–Kier alpha value is -2.54. The largest absolute Gasteiger partial charge is 0.368 e. The Kier molecular flexibility index (Phi) is 4.70. The molecule has 3 aliphatic heterocycles. The average molecular weight is 413 g/mol. The van der Waals surface area contributed by atoms with Crippen molar-refractivity contribution in [2.45, 2.75) is 32.2 Å². The Morgan fingerprint density at radius 1 is 1.17 bits per heavy atom. The number of H-pyrrole nitrogens is 1. The number of anilines is 2. The van der Waals surface area contributed by atoms with E-state index in [1.165, 1.54) is 11.1 Å². The molecule has 8 heteroatoms. The van der Waals surface area contributed by atoms with Crippen molar-refractivity contribution in [1.29, 1.82) is 0 Å². The Labute approximate surface area is 175 Å². The minimum Gasteiger partial charge on any atom is -0.368 e. The van der Waals surface area contributed by atoms with Gasteiger partial charge < -0.3 is 20.1 Å². The highest BCUT2D eigenvalue weighted by molar-refractivity contribution is 6.29. The summed E-state index contributed by atoms with van der Waals surface area (Å²) in [5.41, 5.74) is 2.11. The molecule has 0 radical (unpaired) electrons. The second-order valence-electron chi connectivity index (χ2n) is 8.18. The van der Waals surface area contributed by atoms with E-state index in [0.29, 0.717) is 17.6 Å². The van der Waals surface area contributed by atoms with Crippen LogP contribution in [0.2, 0.25) is 5.15 Å². The van der Waals surface area contributed by atoms with E-state index in [9.17, 15) is 4.79 Å². The number of likely N-dealkylation sites (tertiary alicyclic amines) is 1. The maximum atomic E-state index is 13.5. The van der Waals surface area contributed by atoms with Crippen molar-refractivity contribution < 1.29 is 4.79 Å². The van der Waals surface area contributed by atoms with Gasteiger partial charge in [0.2, 0.25) is 5.91 Å². The molecule has 5 heterocycles. The summed E-state index contributed by atoms with van der Waals surface area (Å²) in [6, 6.07) is 0. The zero-order valence-corrected chi connectivity index (χ0v) is 17.1. The van der Waals surface area contributed by atoms with Gasteiger partial charge in [-0.15, -0.1) is 0 Å². The monoisotopic (exact) mass is 412 g/mol. The number of hydrogen-bond donors (Lipinski definition) is 2. The summed E-state index contributed by atoms with van der Waals surface area (Å²) in [5, 5.41) is 3.74. The number of halogens is 1. The van der Waals surface area contributed by atoms with Gasteiger partial charge in [0.25, 0.3) is 0 Å². The first kappa shape index (κ1) is 18.5. The average Bonchev–Trinajstić information content (AvgIpc) is 3.15. The summed E-state index contributed by atoms with van der Waals surface area (Å²) in [5.74, 6) is 2.16. The molecule has 1 amide bonds. The molecule has 3 aliphatic rings. The van der Waals surface area contributed by atoms with Crippen molar-refractivity contribution in [3.63, 3.8) is 0 Å². The number of amides is 1. The molecule has 1 spiro atoms. The van der Waals surface area contributed by atoms with Gasteiger partial charge in [-0.25, -0.2) is 4.98 Å². The van der Waals surface area contributed by atoms with Crippen molar-refractivity contribution in [3.8, 4) is 0 Å². The van der Waals surface area contributed by atoms with E-state index in [2.05, 4.69) is 42.2 Å². The van der Waals surface area contributed by atoms with Crippen LogP contribution in [0.1, 0.15) is 36.8 Å². The summed E-state index contributed by atoms with van der Waals surface area (Å²) in [7, 11) is 0. The first-order valence-electron chi connectivity index (χ1n) is 10.3. The van der Waals surface area contributed by atoms with Crippen molar-refractivity contribution in [1.82, 2.24) is 19.9 Å². The molecule has 0 saturated carbocycles. The normalized spacial score (nSPS) is 20.7. The van der Waals surface area contributed by atoms with E-state index in [4.69, 9.17) is 11.6 Å². The highest BCUT2D eigenvalue weighted by Gasteiger charge is 2.45. The highest BCUT2D eigenvalue weighted by Crippen LogP contribution is 2.42. The number of nitrogens with zero attached hydrogens (tertiary/aromatic N) is 4. The van der Waals surface area contributed by atoms with Crippen LogP contribution in [0.15, 0.2) is 24.7 Å². The van der Waals surface area contributed by atoms with E-state index in [-0.39, 0.29) is 5.41 Å². The van der Waals surface area contributed by atoms with E-state index in [1.54, 1.807) is 12.4 Å². The topological polar surface area (TPSA) is 77.2 Å². The Morgan fingerprint density at radius 2 is 2.03 bits per heavy atom. The number of carbonyl (C=O) groups is 1. The molecule has 0 aromatic carbocycles. The van der Waals surface area contributed by atoms with E-state index in [0.717, 1.165) is 63.5 Å². The summed E-state index contributed by atoms with van der Waals surface area (Å²) in [6.07, 6.45) is 13.3. The quantitative estimate of drug-likeness (QED) is 0.808. The minimum absolute atomic E-state index is 0.245. The standard InChI is InChI=1S/C21H25ClN6O/c22-17-12-23-13-18(26-17)27-9-5-21(6-10-27)4-2-8-28(20(21)29)14-15-11-25-19-16(15)3-1-7-24-19/h1,3,11-13,24-25H,2,4-10,14H2. The van der Waals surface area contributed by atoms with Crippen LogP contribution in [0.5, 0.6) is 0 Å². The molecular weight excluding hydrogens is 388 g/mol. The fourth-order valence-corrected chi connectivity index (χ4v) is 5.04. The SMILES string of the molecule is O=C1N(Cc2c[nH]c3c2C=CCN3)CCCC12CCN(c1cncc(Cl)n1)CC2. The first-order valence-corrected chi connectivity index (χ1v) is 10.6. The molecule has 0 atom stereocenters. The van der Waals surface area contributed by atoms with Crippen LogP contribution in [0, 0.1) is 5.41 Å². The van der Waals surface area contributed by atoms with Crippen LogP contribution in [-0.2, 0) is 11.3 Å². The minimum atomic E-state index is -0.245. The molecule has 152 valence electrons. The molecule has 2 N–H and O–H groups in total. The first-order chi connectivity index (χ1) is 14.1. The predicted molar refractivity (Wildman–Crippen MR) is 114 cm³/mol. The summed E-state index contributed by atoms with van der Waals surface area (Å²) >= 11 is 5.99. The Balaban J connectivity index is 1.29. The summed E-state index contributed by atoms with van der Waals surface area (Å²) in [6.45, 7) is 3.96. The Bertz CT molecular complexity index is 946. The molecule has 5 rings (SSSR count). The molecule has 2 aromatic rings. The van der Waals surface area contributed by atoms with Crippen molar-refractivity contribution in [2.75, 3.05) is 36.4 Å². The molecule has 0 unspecified atom stereocenters. The third-order valence-corrected chi connectivity index (χ3v) is 6.69. The van der Waals surface area contributed by atoms with Gasteiger partial charge in [-0.05, 0) is 31.2 Å². The molecule has 2 fully saturated rings. The lowest BCUT2D eigenvalue weighted by Gasteiger charge is -2.46. The predicted octanol–water partition coefficient (Wildman–Crippen LogP) is 3.31. The van der Waals surface area contributed by atoms with Gasteiger partial charge in [0.1, 0.15) is 16.8 Å². The maximum Gasteiger partial charge on any atom is 0.229 e.